The fraction of sp³-hybridized carbons (Fsp3) is 0.278. The van der Waals surface area contributed by atoms with Gasteiger partial charge in [-0.05, 0) is 55.3 Å². The number of carboxylic acids is 1. The number of rotatable bonds is 7. The summed E-state index contributed by atoms with van der Waals surface area (Å²) in [5.74, 6) is -0.0203. The summed E-state index contributed by atoms with van der Waals surface area (Å²) in [5.41, 5.74) is 1.98. The van der Waals surface area contributed by atoms with Crippen LogP contribution in [-0.2, 0) is 0 Å². The zero-order chi connectivity index (χ0) is 17.7. The first-order valence-corrected chi connectivity index (χ1v) is 8.19. The van der Waals surface area contributed by atoms with Gasteiger partial charge in [-0.25, -0.2) is 4.79 Å². The topological polar surface area (TPSA) is 55.8 Å². The highest BCUT2D eigenvalue weighted by Crippen LogP contribution is 2.26. The second kappa shape index (κ2) is 8.27. The van der Waals surface area contributed by atoms with Crippen molar-refractivity contribution in [2.45, 2.75) is 20.3 Å². The summed E-state index contributed by atoms with van der Waals surface area (Å²) in [4.78, 5) is 11.2. The van der Waals surface area contributed by atoms with Crippen LogP contribution in [-0.4, -0.2) is 24.3 Å². The lowest BCUT2D eigenvalue weighted by atomic mass is 10.1. The fourth-order valence-corrected chi connectivity index (χ4v) is 2.50. The van der Waals surface area contributed by atoms with Gasteiger partial charge in [0.05, 0.1) is 13.2 Å². The Bertz CT molecular complexity index is 721. The van der Waals surface area contributed by atoms with E-state index in [2.05, 4.69) is 0 Å². The highest BCUT2D eigenvalue weighted by molar-refractivity contribution is 6.32. The standard InChI is InChI=1S/C18H18Cl2O4/c1-11-8-14(9-12(2)17(11)20)23-6-3-7-24-16-5-4-13(19)10-15(16)18(21)22/h4-5,8-10H,3,6-7H2,1-2H3,(H,21,22). The Hall–Kier alpha value is -1.91. The minimum absolute atomic E-state index is 0.0485. The minimum Gasteiger partial charge on any atom is -0.493 e. The minimum atomic E-state index is -1.07. The van der Waals surface area contributed by atoms with E-state index in [1.807, 2.05) is 26.0 Å². The Balaban J connectivity index is 1.85. The molecular weight excluding hydrogens is 351 g/mol. The molecule has 0 heterocycles. The lowest BCUT2D eigenvalue weighted by Gasteiger charge is -2.11. The molecule has 0 saturated heterocycles. The molecule has 0 fully saturated rings. The highest BCUT2D eigenvalue weighted by atomic mass is 35.5. The van der Waals surface area contributed by atoms with Gasteiger partial charge in [0.2, 0.25) is 0 Å². The lowest BCUT2D eigenvalue weighted by molar-refractivity contribution is 0.0692. The molecule has 2 rings (SSSR count). The molecule has 0 aliphatic carbocycles. The van der Waals surface area contributed by atoms with Gasteiger partial charge in [-0.3, -0.25) is 0 Å². The van der Waals surface area contributed by atoms with Crippen LogP contribution in [0, 0.1) is 13.8 Å². The molecule has 128 valence electrons. The van der Waals surface area contributed by atoms with Crippen molar-refractivity contribution >= 4 is 29.2 Å². The Morgan fingerprint density at radius 2 is 1.67 bits per heavy atom. The van der Waals surface area contributed by atoms with E-state index in [-0.39, 0.29) is 5.56 Å². The van der Waals surface area contributed by atoms with Crippen molar-refractivity contribution in [2.24, 2.45) is 0 Å². The Labute approximate surface area is 150 Å². The van der Waals surface area contributed by atoms with Crippen LogP contribution in [0.5, 0.6) is 11.5 Å². The van der Waals surface area contributed by atoms with E-state index in [0.717, 1.165) is 21.9 Å². The molecule has 2 aromatic carbocycles. The molecule has 0 amide bonds. The third-order valence-electron chi connectivity index (χ3n) is 3.40. The first-order valence-electron chi connectivity index (χ1n) is 7.43. The number of ether oxygens (including phenoxy) is 2. The van der Waals surface area contributed by atoms with E-state index in [0.29, 0.717) is 30.4 Å². The van der Waals surface area contributed by atoms with Crippen LogP contribution in [0.25, 0.3) is 0 Å². The van der Waals surface area contributed by atoms with Crippen molar-refractivity contribution < 1.29 is 19.4 Å². The first kappa shape index (κ1) is 18.4. The van der Waals surface area contributed by atoms with Gasteiger partial charge in [0, 0.05) is 16.5 Å². The van der Waals surface area contributed by atoms with E-state index in [1.54, 1.807) is 12.1 Å². The van der Waals surface area contributed by atoms with Gasteiger partial charge < -0.3 is 14.6 Å². The lowest BCUT2D eigenvalue weighted by Crippen LogP contribution is -2.08. The summed E-state index contributed by atoms with van der Waals surface area (Å²) in [6.45, 7) is 4.66. The van der Waals surface area contributed by atoms with Crippen LogP contribution in [0.1, 0.15) is 27.9 Å². The summed E-state index contributed by atoms with van der Waals surface area (Å²) in [6, 6.07) is 8.29. The number of carboxylic acid groups (broad SMARTS) is 1. The molecule has 24 heavy (non-hydrogen) atoms. The van der Waals surface area contributed by atoms with E-state index in [4.69, 9.17) is 37.8 Å². The molecule has 0 spiro atoms. The van der Waals surface area contributed by atoms with Crippen molar-refractivity contribution in [3.63, 3.8) is 0 Å². The molecule has 0 atom stereocenters. The van der Waals surface area contributed by atoms with Crippen LogP contribution in [0.3, 0.4) is 0 Å². The molecule has 0 bridgehead atoms. The number of halogens is 2. The Kier molecular flexibility index (Phi) is 6.35. The molecule has 0 aliphatic rings. The predicted octanol–water partition coefficient (Wildman–Crippen LogP) is 5.16. The molecule has 0 saturated carbocycles. The van der Waals surface area contributed by atoms with E-state index in [9.17, 15) is 4.79 Å². The Morgan fingerprint density at radius 1 is 1.04 bits per heavy atom. The normalized spacial score (nSPS) is 10.5. The second-order valence-corrected chi connectivity index (χ2v) is 6.18. The predicted molar refractivity (Wildman–Crippen MR) is 94.9 cm³/mol. The molecule has 0 unspecified atom stereocenters. The van der Waals surface area contributed by atoms with Crippen molar-refractivity contribution in [1.29, 1.82) is 0 Å². The third-order valence-corrected chi connectivity index (χ3v) is 4.23. The number of hydrogen-bond acceptors (Lipinski definition) is 3. The van der Waals surface area contributed by atoms with Gasteiger partial charge >= 0.3 is 5.97 Å². The summed E-state index contributed by atoms with van der Waals surface area (Å²) in [5, 5.41) is 10.2. The van der Waals surface area contributed by atoms with Crippen LogP contribution < -0.4 is 9.47 Å². The quantitative estimate of drug-likeness (QED) is 0.686. The van der Waals surface area contributed by atoms with Gasteiger partial charge in [-0.2, -0.15) is 0 Å². The molecule has 4 nitrogen and oxygen atoms in total. The van der Waals surface area contributed by atoms with Gasteiger partial charge in [-0.1, -0.05) is 23.2 Å². The van der Waals surface area contributed by atoms with Crippen LogP contribution in [0.2, 0.25) is 10.0 Å². The third kappa shape index (κ3) is 4.79. The number of aromatic carboxylic acids is 1. The number of benzene rings is 2. The highest BCUT2D eigenvalue weighted by Gasteiger charge is 2.12. The van der Waals surface area contributed by atoms with Crippen molar-refractivity contribution in [2.75, 3.05) is 13.2 Å². The van der Waals surface area contributed by atoms with Crippen molar-refractivity contribution in [1.82, 2.24) is 0 Å². The summed E-state index contributed by atoms with van der Waals surface area (Å²) >= 11 is 11.9. The van der Waals surface area contributed by atoms with Crippen LogP contribution in [0.15, 0.2) is 30.3 Å². The number of carbonyl (C=O) groups is 1. The van der Waals surface area contributed by atoms with Gasteiger partial charge in [-0.15, -0.1) is 0 Å². The maximum Gasteiger partial charge on any atom is 0.339 e. The Morgan fingerprint density at radius 3 is 2.29 bits per heavy atom. The first-order chi connectivity index (χ1) is 11.4. The maximum absolute atomic E-state index is 11.2. The average Bonchev–Trinajstić information content (AvgIpc) is 2.53. The van der Waals surface area contributed by atoms with Gasteiger partial charge in [0.15, 0.2) is 0 Å². The van der Waals surface area contributed by atoms with Gasteiger partial charge in [0.25, 0.3) is 0 Å². The average molecular weight is 369 g/mol. The smallest absolute Gasteiger partial charge is 0.339 e. The molecule has 0 aliphatic heterocycles. The van der Waals surface area contributed by atoms with Crippen molar-refractivity contribution in [3.8, 4) is 11.5 Å². The van der Waals surface area contributed by atoms with E-state index >= 15 is 0 Å². The molecule has 0 radical (unpaired) electrons. The second-order valence-electron chi connectivity index (χ2n) is 5.37. The summed E-state index contributed by atoms with van der Waals surface area (Å²) < 4.78 is 11.2. The molecule has 2 aromatic rings. The number of aryl methyl sites for hydroxylation is 2. The SMILES string of the molecule is Cc1cc(OCCCOc2ccc(Cl)cc2C(=O)O)cc(C)c1Cl. The molecule has 0 aromatic heterocycles. The van der Waals surface area contributed by atoms with Crippen LogP contribution in [0.4, 0.5) is 0 Å². The van der Waals surface area contributed by atoms with Crippen molar-refractivity contribution in [3.05, 3.63) is 57.1 Å². The van der Waals surface area contributed by atoms with E-state index < -0.39 is 5.97 Å². The maximum atomic E-state index is 11.2. The van der Waals surface area contributed by atoms with E-state index in [1.165, 1.54) is 6.07 Å². The van der Waals surface area contributed by atoms with Gasteiger partial charge in [0.1, 0.15) is 17.1 Å². The fourth-order valence-electron chi connectivity index (χ4n) is 2.22. The van der Waals surface area contributed by atoms with Crippen LogP contribution >= 0.6 is 23.2 Å². The summed E-state index contributed by atoms with van der Waals surface area (Å²) in [7, 11) is 0. The summed E-state index contributed by atoms with van der Waals surface area (Å²) in [6.07, 6.45) is 0.613. The monoisotopic (exact) mass is 368 g/mol. The largest absolute Gasteiger partial charge is 0.493 e. The molecular formula is C18H18Cl2O4. The molecule has 6 heteroatoms. The zero-order valence-electron chi connectivity index (χ0n) is 13.4. The number of hydrogen-bond donors (Lipinski definition) is 1. The zero-order valence-corrected chi connectivity index (χ0v) is 14.9. The molecule has 1 N–H and O–H groups in total.